The van der Waals surface area contributed by atoms with Crippen LogP contribution in [0.5, 0.6) is 0 Å². The SMILES string of the molecule is CCOC(=O)C1CN2CCN1C=C2C. The van der Waals surface area contributed by atoms with Gasteiger partial charge < -0.3 is 14.5 Å². The summed E-state index contributed by atoms with van der Waals surface area (Å²) in [5.41, 5.74) is 1.25. The molecule has 0 spiro atoms. The molecular weight excluding hydrogens is 180 g/mol. The normalized spacial score (nSPS) is 25.0. The fraction of sp³-hybridized carbons (Fsp3) is 0.700. The highest BCUT2D eigenvalue weighted by molar-refractivity contribution is 5.76. The molecule has 0 aromatic heterocycles. The fourth-order valence-electron chi connectivity index (χ4n) is 2.04. The second-order valence-electron chi connectivity index (χ2n) is 3.72. The molecule has 0 amide bonds. The van der Waals surface area contributed by atoms with Crippen LogP contribution in [0.3, 0.4) is 0 Å². The topological polar surface area (TPSA) is 32.8 Å². The lowest BCUT2D eigenvalue weighted by atomic mass is 10.1. The number of allylic oxidation sites excluding steroid dienone is 1. The van der Waals surface area contributed by atoms with E-state index in [1.165, 1.54) is 5.70 Å². The number of esters is 1. The first-order valence-corrected chi connectivity index (χ1v) is 5.08. The van der Waals surface area contributed by atoms with Gasteiger partial charge in [0.25, 0.3) is 0 Å². The van der Waals surface area contributed by atoms with Gasteiger partial charge >= 0.3 is 5.97 Å². The average molecular weight is 196 g/mol. The Balaban J connectivity index is 2.08. The number of rotatable bonds is 2. The Bertz CT molecular complexity index is 275. The van der Waals surface area contributed by atoms with E-state index in [1.807, 2.05) is 6.92 Å². The number of ether oxygens (including phenoxy) is 1. The molecule has 4 heteroatoms. The van der Waals surface area contributed by atoms with Crippen LogP contribution >= 0.6 is 0 Å². The lowest BCUT2D eigenvalue weighted by molar-refractivity contribution is -0.151. The molecule has 1 fully saturated rings. The minimum absolute atomic E-state index is 0.0904. The number of fused-ring (bicyclic) bond motifs is 2. The van der Waals surface area contributed by atoms with Crippen LogP contribution in [0.15, 0.2) is 11.9 Å². The fourth-order valence-corrected chi connectivity index (χ4v) is 2.04. The molecule has 2 bridgehead atoms. The van der Waals surface area contributed by atoms with Crippen LogP contribution in [0.25, 0.3) is 0 Å². The third-order valence-corrected chi connectivity index (χ3v) is 2.83. The summed E-state index contributed by atoms with van der Waals surface area (Å²) in [5, 5.41) is 0. The van der Waals surface area contributed by atoms with Crippen LogP contribution in [-0.4, -0.2) is 48.1 Å². The molecule has 0 saturated carbocycles. The van der Waals surface area contributed by atoms with Crippen molar-refractivity contribution in [3.63, 3.8) is 0 Å². The van der Waals surface area contributed by atoms with Crippen LogP contribution in [0.2, 0.25) is 0 Å². The molecule has 3 heterocycles. The van der Waals surface area contributed by atoms with E-state index in [2.05, 4.69) is 22.9 Å². The van der Waals surface area contributed by atoms with Crippen molar-refractivity contribution >= 4 is 5.97 Å². The standard InChI is InChI=1S/C10H16N2O2/c1-3-14-10(13)9-7-11-4-5-12(9)6-8(11)2/h6,9H,3-5,7H2,1-2H3. The third kappa shape index (κ3) is 1.45. The van der Waals surface area contributed by atoms with E-state index in [1.54, 1.807) is 0 Å². The summed E-state index contributed by atoms with van der Waals surface area (Å²) in [6.07, 6.45) is 2.05. The van der Waals surface area contributed by atoms with E-state index in [0.717, 1.165) is 19.6 Å². The molecule has 0 aromatic carbocycles. The zero-order valence-electron chi connectivity index (χ0n) is 8.69. The molecule has 1 saturated heterocycles. The van der Waals surface area contributed by atoms with Crippen LogP contribution in [0.4, 0.5) is 0 Å². The van der Waals surface area contributed by atoms with Gasteiger partial charge in [0.05, 0.1) is 6.61 Å². The quantitative estimate of drug-likeness (QED) is 0.599. The van der Waals surface area contributed by atoms with Crippen molar-refractivity contribution in [3.05, 3.63) is 11.9 Å². The molecule has 0 aromatic rings. The first-order chi connectivity index (χ1) is 6.72. The Morgan fingerprint density at radius 3 is 2.93 bits per heavy atom. The van der Waals surface area contributed by atoms with Crippen molar-refractivity contribution in [1.29, 1.82) is 0 Å². The van der Waals surface area contributed by atoms with Gasteiger partial charge in [-0.3, -0.25) is 0 Å². The van der Waals surface area contributed by atoms with Gasteiger partial charge in [0, 0.05) is 31.5 Å². The molecule has 3 aliphatic rings. The van der Waals surface area contributed by atoms with Gasteiger partial charge in [0.1, 0.15) is 6.04 Å². The smallest absolute Gasteiger partial charge is 0.330 e. The number of carbonyl (C=O) groups is 1. The van der Waals surface area contributed by atoms with Crippen molar-refractivity contribution < 1.29 is 9.53 Å². The molecule has 3 aliphatic heterocycles. The third-order valence-electron chi connectivity index (χ3n) is 2.83. The summed E-state index contributed by atoms with van der Waals surface area (Å²) >= 11 is 0. The zero-order chi connectivity index (χ0) is 10.1. The van der Waals surface area contributed by atoms with Gasteiger partial charge in [-0.25, -0.2) is 4.79 Å². The number of nitrogens with zero attached hydrogens (tertiary/aromatic N) is 2. The first kappa shape index (κ1) is 9.37. The van der Waals surface area contributed by atoms with Gasteiger partial charge in [-0.1, -0.05) is 0 Å². The Kier molecular flexibility index (Phi) is 2.35. The summed E-state index contributed by atoms with van der Waals surface area (Å²) in [7, 11) is 0. The molecular formula is C10H16N2O2. The van der Waals surface area contributed by atoms with Gasteiger partial charge in [0.2, 0.25) is 0 Å². The highest BCUT2D eigenvalue weighted by atomic mass is 16.5. The van der Waals surface area contributed by atoms with Crippen molar-refractivity contribution in [3.8, 4) is 0 Å². The summed E-state index contributed by atoms with van der Waals surface area (Å²) in [4.78, 5) is 15.9. The lowest BCUT2D eigenvalue weighted by Crippen LogP contribution is -2.57. The van der Waals surface area contributed by atoms with Gasteiger partial charge in [0.15, 0.2) is 0 Å². The number of carbonyl (C=O) groups excluding carboxylic acids is 1. The van der Waals surface area contributed by atoms with E-state index in [4.69, 9.17) is 4.74 Å². The van der Waals surface area contributed by atoms with Gasteiger partial charge in [-0.15, -0.1) is 0 Å². The Labute approximate surface area is 84.1 Å². The second-order valence-corrected chi connectivity index (χ2v) is 3.72. The molecule has 0 aliphatic carbocycles. The maximum atomic E-state index is 11.6. The molecule has 1 unspecified atom stereocenters. The Hall–Kier alpha value is -1.19. The molecule has 0 radical (unpaired) electrons. The van der Waals surface area contributed by atoms with Crippen molar-refractivity contribution in [2.75, 3.05) is 26.2 Å². The van der Waals surface area contributed by atoms with Crippen molar-refractivity contribution in [2.24, 2.45) is 0 Å². The molecule has 1 atom stereocenters. The lowest BCUT2D eigenvalue weighted by Gasteiger charge is -2.46. The van der Waals surface area contributed by atoms with E-state index in [-0.39, 0.29) is 12.0 Å². The first-order valence-electron chi connectivity index (χ1n) is 5.08. The molecule has 3 rings (SSSR count). The minimum atomic E-state index is -0.0963. The average Bonchev–Trinajstić information content (AvgIpc) is 2.18. The predicted octanol–water partition coefficient (Wildman–Crippen LogP) is 0.411. The molecule has 78 valence electrons. The maximum absolute atomic E-state index is 11.6. The summed E-state index contributed by atoms with van der Waals surface area (Å²) in [5.74, 6) is -0.0963. The van der Waals surface area contributed by atoms with Crippen LogP contribution in [-0.2, 0) is 9.53 Å². The van der Waals surface area contributed by atoms with Crippen LogP contribution in [0, 0.1) is 0 Å². The van der Waals surface area contributed by atoms with Crippen LogP contribution < -0.4 is 0 Å². The van der Waals surface area contributed by atoms with Crippen LogP contribution in [0.1, 0.15) is 13.8 Å². The van der Waals surface area contributed by atoms with Crippen molar-refractivity contribution in [1.82, 2.24) is 9.80 Å². The highest BCUT2D eigenvalue weighted by Crippen LogP contribution is 2.22. The van der Waals surface area contributed by atoms with E-state index in [0.29, 0.717) is 6.61 Å². The number of piperazine rings is 1. The molecule has 14 heavy (non-hydrogen) atoms. The Morgan fingerprint density at radius 1 is 1.64 bits per heavy atom. The van der Waals surface area contributed by atoms with Gasteiger partial charge in [-0.05, 0) is 13.8 Å². The van der Waals surface area contributed by atoms with Gasteiger partial charge in [-0.2, -0.15) is 0 Å². The summed E-state index contributed by atoms with van der Waals surface area (Å²) in [6.45, 7) is 7.12. The van der Waals surface area contributed by atoms with Crippen molar-refractivity contribution in [2.45, 2.75) is 19.9 Å². The monoisotopic (exact) mass is 196 g/mol. The summed E-state index contributed by atoms with van der Waals surface area (Å²) < 4.78 is 5.03. The highest BCUT2D eigenvalue weighted by Gasteiger charge is 2.35. The van der Waals surface area contributed by atoms with E-state index < -0.39 is 0 Å². The van der Waals surface area contributed by atoms with E-state index >= 15 is 0 Å². The van der Waals surface area contributed by atoms with E-state index in [9.17, 15) is 4.79 Å². The molecule has 0 N–H and O–H groups in total. The number of hydrogen-bond acceptors (Lipinski definition) is 4. The predicted molar refractivity (Wildman–Crippen MR) is 52.5 cm³/mol. The second kappa shape index (κ2) is 3.52. The Morgan fingerprint density at radius 2 is 2.43 bits per heavy atom. The number of hydrogen-bond donors (Lipinski definition) is 0. The minimum Gasteiger partial charge on any atom is -0.464 e. The summed E-state index contributed by atoms with van der Waals surface area (Å²) in [6, 6.07) is -0.0904. The largest absolute Gasteiger partial charge is 0.464 e. The zero-order valence-corrected chi connectivity index (χ0v) is 8.69. The molecule has 4 nitrogen and oxygen atoms in total. The maximum Gasteiger partial charge on any atom is 0.330 e.